The molecule has 2 amide bonds. The monoisotopic (exact) mass is 640 g/mol. The van der Waals surface area contributed by atoms with E-state index in [0.29, 0.717) is 18.7 Å². The van der Waals surface area contributed by atoms with Gasteiger partial charge in [-0.05, 0) is 45.4 Å². The average molecular weight is 641 g/mol. The molecule has 230 valence electrons. The van der Waals surface area contributed by atoms with E-state index in [2.05, 4.69) is 116 Å². The summed E-state index contributed by atoms with van der Waals surface area (Å²) in [5.41, 5.74) is 3.21. The van der Waals surface area contributed by atoms with E-state index in [9.17, 15) is 9.59 Å². The molecule has 3 heterocycles. The highest BCUT2D eigenvalue weighted by Crippen LogP contribution is 2.43. The molecule has 5 nitrogen and oxygen atoms in total. The first-order valence-electron chi connectivity index (χ1n) is 15.7. The Morgan fingerprint density at radius 2 is 1.43 bits per heavy atom. The first-order chi connectivity index (χ1) is 22.3. The molecule has 1 N–H and O–H groups in total. The van der Waals surface area contributed by atoms with Crippen LogP contribution in [0.2, 0.25) is 5.04 Å². The largest absolute Gasteiger partial charge is 0.407 e. The molecule has 4 aromatic carbocycles. The third kappa shape index (κ3) is 5.14. The Kier molecular flexibility index (Phi) is 7.85. The van der Waals surface area contributed by atoms with Gasteiger partial charge in [-0.25, -0.2) is 0 Å². The number of hydrogen-bond acceptors (Lipinski definition) is 4. The van der Waals surface area contributed by atoms with Crippen molar-refractivity contribution in [1.29, 1.82) is 0 Å². The number of thiophene rings is 1. The lowest BCUT2D eigenvalue weighted by Crippen LogP contribution is -2.66. The van der Waals surface area contributed by atoms with Gasteiger partial charge in [0, 0.05) is 40.4 Å². The fraction of sp³-hybridized carbons (Fsp3) is 0.179. The minimum atomic E-state index is -2.68. The molecule has 0 saturated carbocycles. The highest BCUT2D eigenvalue weighted by Gasteiger charge is 2.50. The molecule has 0 aliphatic carbocycles. The Hall–Kier alpha value is -4.56. The number of nitrogens with zero attached hydrogens (tertiary/aromatic N) is 1. The summed E-state index contributed by atoms with van der Waals surface area (Å²) < 4.78 is 10.7. The summed E-state index contributed by atoms with van der Waals surface area (Å²) in [6.07, 6.45) is 2.21. The lowest BCUT2D eigenvalue weighted by atomic mass is 10.0. The minimum absolute atomic E-state index is 0.111. The van der Waals surface area contributed by atoms with Crippen molar-refractivity contribution in [2.45, 2.75) is 38.8 Å². The van der Waals surface area contributed by atoms with E-state index in [0.717, 1.165) is 38.8 Å². The van der Waals surface area contributed by atoms with Gasteiger partial charge >= 0.3 is 0 Å². The highest BCUT2D eigenvalue weighted by atomic mass is 32.1. The zero-order valence-electron chi connectivity index (χ0n) is 26.2. The van der Waals surface area contributed by atoms with Crippen molar-refractivity contribution in [1.82, 2.24) is 9.88 Å². The van der Waals surface area contributed by atoms with Gasteiger partial charge in [-0.2, -0.15) is 0 Å². The molecular weight excluding hydrogens is 605 g/mol. The van der Waals surface area contributed by atoms with E-state index >= 15 is 0 Å². The number of fused-ring (bicyclic) bond motifs is 2. The number of nitrogens with one attached hydrogen (secondary N) is 1. The molecule has 0 saturated heterocycles. The van der Waals surface area contributed by atoms with Crippen LogP contribution in [-0.2, 0) is 20.6 Å². The van der Waals surface area contributed by atoms with Crippen LogP contribution in [0.1, 0.15) is 32.8 Å². The van der Waals surface area contributed by atoms with Crippen LogP contribution in [0.3, 0.4) is 0 Å². The summed E-state index contributed by atoms with van der Waals surface area (Å²) in [7, 11) is -2.68. The Bertz CT molecular complexity index is 2030. The van der Waals surface area contributed by atoms with Gasteiger partial charge < -0.3 is 8.99 Å². The fourth-order valence-electron chi connectivity index (χ4n) is 6.97. The second-order valence-corrected chi connectivity index (χ2v) is 18.2. The van der Waals surface area contributed by atoms with Crippen molar-refractivity contribution >= 4 is 68.4 Å². The summed E-state index contributed by atoms with van der Waals surface area (Å²) in [4.78, 5) is 26.5. The summed E-state index contributed by atoms with van der Waals surface area (Å²) >= 11 is 1.71. The number of para-hydroxylation sites is 1. The maximum atomic E-state index is 13.1. The molecule has 7 rings (SSSR count). The third-order valence-corrected chi connectivity index (χ3v) is 15.1. The van der Waals surface area contributed by atoms with Gasteiger partial charge in [-0.1, -0.05) is 118 Å². The Morgan fingerprint density at radius 1 is 0.804 bits per heavy atom. The summed E-state index contributed by atoms with van der Waals surface area (Å²) in [5, 5.41) is 6.99. The molecular formula is C39H36N2O3SSi. The number of carbonyl (C=O) groups is 2. The van der Waals surface area contributed by atoms with Gasteiger partial charge in [-0.3, -0.25) is 14.9 Å². The van der Waals surface area contributed by atoms with Crippen molar-refractivity contribution in [3.05, 3.63) is 127 Å². The average Bonchev–Trinajstić information content (AvgIpc) is 3.73. The maximum absolute atomic E-state index is 13.1. The smallest absolute Gasteiger partial charge is 0.261 e. The fourth-order valence-corrected chi connectivity index (χ4v) is 12.7. The van der Waals surface area contributed by atoms with E-state index in [1.807, 2.05) is 30.3 Å². The van der Waals surface area contributed by atoms with Crippen LogP contribution in [0, 0.1) is 0 Å². The molecule has 0 atom stereocenters. The highest BCUT2D eigenvalue weighted by molar-refractivity contribution is 7.22. The standard InChI is InChI=1S/C39H36N2O3SSi/c1-39(2,3)46(28-16-6-4-7-17-28,29-18-8-5-9-19-29)44-24-14-23-41-32-21-12-11-20-30(32)36(31-26-35(42)40-38(31)43)37(41)34-25-27-15-10-13-22-33(27)45-34/h4-13,15-22,25-26H,14,23-24H2,1-3H3,(H,40,42,43). The van der Waals surface area contributed by atoms with Crippen molar-refractivity contribution in [3.8, 4) is 10.6 Å². The van der Waals surface area contributed by atoms with Crippen LogP contribution < -0.4 is 15.7 Å². The minimum Gasteiger partial charge on any atom is -0.407 e. The summed E-state index contributed by atoms with van der Waals surface area (Å²) in [5.74, 6) is -0.733. The molecule has 2 aromatic heterocycles. The van der Waals surface area contributed by atoms with Gasteiger partial charge in [0.05, 0.1) is 16.1 Å². The number of imide groups is 1. The van der Waals surface area contributed by atoms with E-state index < -0.39 is 8.32 Å². The number of aromatic nitrogens is 1. The molecule has 6 aromatic rings. The summed E-state index contributed by atoms with van der Waals surface area (Å²) in [6, 6.07) is 40.2. The van der Waals surface area contributed by atoms with E-state index in [4.69, 9.17) is 4.43 Å². The number of rotatable bonds is 9. The van der Waals surface area contributed by atoms with E-state index in [1.54, 1.807) is 11.3 Å². The molecule has 1 aliphatic heterocycles. The van der Waals surface area contributed by atoms with Gasteiger partial charge in [0.1, 0.15) is 0 Å². The van der Waals surface area contributed by atoms with Crippen LogP contribution in [0.5, 0.6) is 0 Å². The summed E-state index contributed by atoms with van der Waals surface area (Å²) in [6.45, 7) is 8.15. The Labute approximate surface area is 274 Å². The van der Waals surface area contributed by atoms with Crippen molar-refractivity contribution < 1.29 is 14.0 Å². The predicted octanol–water partition coefficient (Wildman–Crippen LogP) is 7.53. The van der Waals surface area contributed by atoms with Crippen LogP contribution in [0.4, 0.5) is 0 Å². The number of benzene rings is 4. The predicted molar refractivity (Wildman–Crippen MR) is 192 cm³/mol. The van der Waals surface area contributed by atoms with Crippen LogP contribution >= 0.6 is 11.3 Å². The van der Waals surface area contributed by atoms with Gasteiger partial charge in [0.2, 0.25) is 0 Å². The van der Waals surface area contributed by atoms with Crippen LogP contribution in [0.15, 0.2) is 121 Å². The number of amides is 2. The number of aryl methyl sites for hydroxylation is 1. The molecule has 0 unspecified atom stereocenters. The zero-order valence-corrected chi connectivity index (χ0v) is 28.1. The SMILES string of the molecule is CC(C)(C)[Si](OCCCn1c(-c2cc3ccccc3s2)c(C2=CC(=O)NC2=O)c2ccccc21)(c1ccccc1)c1ccccc1. The second kappa shape index (κ2) is 12.0. The zero-order chi connectivity index (χ0) is 31.9. The lowest BCUT2D eigenvalue weighted by Gasteiger charge is -2.43. The first kappa shape index (κ1) is 30.1. The van der Waals surface area contributed by atoms with Crippen LogP contribution in [0.25, 0.3) is 37.1 Å². The van der Waals surface area contributed by atoms with Crippen molar-refractivity contribution in [2.75, 3.05) is 6.61 Å². The molecule has 0 bridgehead atoms. The number of carbonyl (C=O) groups excluding carboxylic acids is 2. The van der Waals surface area contributed by atoms with Crippen molar-refractivity contribution in [2.24, 2.45) is 0 Å². The molecule has 0 fully saturated rings. The molecule has 0 spiro atoms. The Morgan fingerprint density at radius 3 is 2.07 bits per heavy atom. The van der Waals surface area contributed by atoms with Crippen LogP contribution in [-0.4, -0.2) is 31.3 Å². The van der Waals surface area contributed by atoms with E-state index in [1.165, 1.54) is 21.1 Å². The normalized spacial score (nSPS) is 13.8. The van der Waals surface area contributed by atoms with E-state index in [-0.39, 0.29) is 16.9 Å². The topological polar surface area (TPSA) is 60.3 Å². The lowest BCUT2D eigenvalue weighted by molar-refractivity contribution is -0.123. The van der Waals surface area contributed by atoms with Gasteiger partial charge in [0.25, 0.3) is 20.1 Å². The molecule has 0 radical (unpaired) electrons. The molecule has 7 heteroatoms. The number of hydrogen-bond donors (Lipinski definition) is 1. The van der Waals surface area contributed by atoms with Gasteiger partial charge in [0.15, 0.2) is 0 Å². The molecule has 1 aliphatic rings. The van der Waals surface area contributed by atoms with Gasteiger partial charge in [-0.15, -0.1) is 11.3 Å². The second-order valence-electron chi connectivity index (χ2n) is 12.8. The molecule has 46 heavy (non-hydrogen) atoms. The quantitative estimate of drug-likeness (QED) is 0.101. The Balaban J connectivity index is 1.31. The van der Waals surface area contributed by atoms with Crippen molar-refractivity contribution in [3.63, 3.8) is 0 Å². The third-order valence-electron chi connectivity index (χ3n) is 8.92. The first-order valence-corrected chi connectivity index (χ1v) is 18.4. The maximum Gasteiger partial charge on any atom is 0.261 e.